The summed E-state index contributed by atoms with van der Waals surface area (Å²) < 4.78 is 5.30. The van der Waals surface area contributed by atoms with Gasteiger partial charge in [-0.05, 0) is 57.9 Å². The first-order valence-corrected chi connectivity index (χ1v) is 8.48. The average Bonchev–Trinajstić information content (AvgIpc) is 2.59. The molecule has 0 spiro atoms. The largest absolute Gasteiger partial charge is 0.496 e. The fourth-order valence-corrected chi connectivity index (χ4v) is 3.08. The van der Waals surface area contributed by atoms with Crippen LogP contribution in [0.15, 0.2) is 24.3 Å². The van der Waals surface area contributed by atoms with E-state index in [0.29, 0.717) is 13.1 Å². The maximum absolute atomic E-state index is 12.1. The zero-order chi connectivity index (χ0) is 16.5. The molecule has 1 aromatic rings. The predicted octanol–water partition coefficient (Wildman–Crippen LogP) is 2.05. The standard InChI is InChI=1S/C18H29N3O2.ClH/c1-19-10-7-15-8-11-21(12-9-15)14-18(22)20-13-16-5-3-4-6-17(16)23-2;/h3-6,15,19H,7-14H2,1-2H3,(H,20,22);1H. The number of likely N-dealkylation sites (tertiary alicyclic amines) is 1. The highest BCUT2D eigenvalue weighted by Crippen LogP contribution is 2.20. The zero-order valence-corrected chi connectivity index (χ0v) is 15.5. The van der Waals surface area contributed by atoms with Gasteiger partial charge in [0.2, 0.25) is 5.91 Å². The monoisotopic (exact) mass is 355 g/mol. The molecule has 0 aromatic heterocycles. The molecular formula is C18H30ClN3O2. The summed E-state index contributed by atoms with van der Waals surface area (Å²) in [6.07, 6.45) is 3.63. The Labute approximate surface area is 151 Å². The Morgan fingerprint density at radius 3 is 2.67 bits per heavy atom. The third kappa shape index (κ3) is 6.67. The molecule has 5 nitrogen and oxygen atoms in total. The average molecular weight is 356 g/mol. The Morgan fingerprint density at radius 1 is 1.29 bits per heavy atom. The Balaban J connectivity index is 0.00000288. The number of nitrogens with one attached hydrogen (secondary N) is 2. The lowest BCUT2D eigenvalue weighted by molar-refractivity contribution is -0.122. The van der Waals surface area contributed by atoms with Gasteiger partial charge in [-0.15, -0.1) is 12.4 Å². The number of hydrogen-bond acceptors (Lipinski definition) is 4. The Bertz CT molecular complexity index is 491. The van der Waals surface area contributed by atoms with Crippen LogP contribution in [-0.4, -0.2) is 51.1 Å². The van der Waals surface area contributed by atoms with Gasteiger partial charge in [0.05, 0.1) is 13.7 Å². The molecule has 0 bridgehead atoms. The molecular weight excluding hydrogens is 326 g/mol. The van der Waals surface area contributed by atoms with Crippen molar-refractivity contribution >= 4 is 18.3 Å². The summed E-state index contributed by atoms with van der Waals surface area (Å²) in [6, 6.07) is 7.78. The highest BCUT2D eigenvalue weighted by Gasteiger charge is 2.20. The first-order chi connectivity index (χ1) is 11.2. The number of rotatable bonds is 8. The Hall–Kier alpha value is -1.30. The smallest absolute Gasteiger partial charge is 0.234 e. The molecule has 24 heavy (non-hydrogen) atoms. The summed E-state index contributed by atoms with van der Waals surface area (Å²) >= 11 is 0. The van der Waals surface area contributed by atoms with Gasteiger partial charge in [-0.25, -0.2) is 0 Å². The van der Waals surface area contributed by atoms with Gasteiger partial charge >= 0.3 is 0 Å². The number of benzene rings is 1. The molecule has 1 aliphatic heterocycles. The number of piperidine rings is 1. The van der Waals surface area contributed by atoms with Gasteiger partial charge < -0.3 is 15.4 Å². The number of hydrogen-bond donors (Lipinski definition) is 2. The number of amides is 1. The van der Waals surface area contributed by atoms with Gasteiger partial charge in [0.1, 0.15) is 5.75 Å². The van der Waals surface area contributed by atoms with Crippen LogP contribution in [0.1, 0.15) is 24.8 Å². The van der Waals surface area contributed by atoms with E-state index in [1.54, 1.807) is 7.11 Å². The number of methoxy groups -OCH3 is 1. The molecule has 1 aliphatic rings. The van der Waals surface area contributed by atoms with E-state index in [4.69, 9.17) is 4.74 Å². The fraction of sp³-hybridized carbons (Fsp3) is 0.611. The van der Waals surface area contributed by atoms with Crippen LogP contribution in [0.25, 0.3) is 0 Å². The van der Waals surface area contributed by atoms with E-state index in [1.165, 1.54) is 19.3 Å². The number of para-hydroxylation sites is 1. The van der Waals surface area contributed by atoms with E-state index in [-0.39, 0.29) is 18.3 Å². The van der Waals surface area contributed by atoms with E-state index in [9.17, 15) is 4.79 Å². The fourth-order valence-electron chi connectivity index (χ4n) is 3.08. The summed E-state index contributed by atoms with van der Waals surface area (Å²) in [5, 5.41) is 6.21. The van der Waals surface area contributed by atoms with Crippen LogP contribution in [0.4, 0.5) is 0 Å². The second-order valence-electron chi connectivity index (χ2n) is 6.20. The lowest BCUT2D eigenvalue weighted by Crippen LogP contribution is -2.41. The SMILES string of the molecule is CNCCC1CCN(CC(=O)NCc2ccccc2OC)CC1.Cl. The number of carbonyl (C=O) groups is 1. The summed E-state index contributed by atoms with van der Waals surface area (Å²) in [5.41, 5.74) is 1.01. The lowest BCUT2D eigenvalue weighted by Gasteiger charge is -2.31. The van der Waals surface area contributed by atoms with Gasteiger partial charge in [0.25, 0.3) is 0 Å². The van der Waals surface area contributed by atoms with Crippen LogP contribution in [0.5, 0.6) is 5.75 Å². The third-order valence-electron chi connectivity index (χ3n) is 4.55. The van der Waals surface area contributed by atoms with E-state index >= 15 is 0 Å². The molecule has 1 aromatic carbocycles. The van der Waals surface area contributed by atoms with Crippen LogP contribution in [-0.2, 0) is 11.3 Å². The molecule has 1 amide bonds. The molecule has 0 saturated carbocycles. The summed E-state index contributed by atoms with van der Waals surface area (Å²) in [5.74, 6) is 1.71. The zero-order valence-electron chi connectivity index (χ0n) is 14.7. The molecule has 0 unspecified atom stereocenters. The second kappa shape index (κ2) is 11.3. The van der Waals surface area contributed by atoms with Crippen LogP contribution < -0.4 is 15.4 Å². The number of ether oxygens (including phenoxy) is 1. The molecule has 1 heterocycles. The minimum Gasteiger partial charge on any atom is -0.496 e. The van der Waals surface area contributed by atoms with Gasteiger partial charge in [-0.2, -0.15) is 0 Å². The Morgan fingerprint density at radius 2 is 2.00 bits per heavy atom. The first kappa shape index (κ1) is 20.7. The Kier molecular flexibility index (Phi) is 9.76. The van der Waals surface area contributed by atoms with Crippen molar-refractivity contribution in [3.8, 4) is 5.75 Å². The van der Waals surface area contributed by atoms with Crippen molar-refractivity contribution in [3.63, 3.8) is 0 Å². The van der Waals surface area contributed by atoms with Crippen molar-refractivity contribution < 1.29 is 9.53 Å². The number of halogens is 1. The molecule has 0 radical (unpaired) electrons. The molecule has 6 heteroatoms. The maximum Gasteiger partial charge on any atom is 0.234 e. The van der Waals surface area contributed by atoms with Crippen LogP contribution in [0.3, 0.4) is 0 Å². The van der Waals surface area contributed by atoms with Crippen molar-refractivity contribution in [2.24, 2.45) is 5.92 Å². The molecule has 0 atom stereocenters. The quantitative estimate of drug-likeness (QED) is 0.749. The molecule has 136 valence electrons. The topological polar surface area (TPSA) is 53.6 Å². The van der Waals surface area contributed by atoms with E-state index < -0.39 is 0 Å². The molecule has 1 fully saturated rings. The predicted molar refractivity (Wildman–Crippen MR) is 99.8 cm³/mol. The van der Waals surface area contributed by atoms with Gasteiger partial charge in [-0.1, -0.05) is 18.2 Å². The maximum atomic E-state index is 12.1. The van der Waals surface area contributed by atoms with E-state index in [0.717, 1.165) is 36.9 Å². The van der Waals surface area contributed by atoms with Crippen molar-refractivity contribution in [2.45, 2.75) is 25.8 Å². The molecule has 1 saturated heterocycles. The van der Waals surface area contributed by atoms with Crippen LogP contribution >= 0.6 is 12.4 Å². The van der Waals surface area contributed by atoms with Gasteiger partial charge in [-0.3, -0.25) is 9.69 Å². The van der Waals surface area contributed by atoms with E-state index in [2.05, 4.69) is 15.5 Å². The van der Waals surface area contributed by atoms with Gasteiger partial charge in [0.15, 0.2) is 0 Å². The normalized spacial score (nSPS) is 15.6. The molecule has 0 aliphatic carbocycles. The van der Waals surface area contributed by atoms with Crippen molar-refractivity contribution in [2.75, 3.05) is 40.3 Å². The van der Waals surface area contributed by atoms with Crippen LogP contribution in [0.2, 0.25) is 0 Å². The van der Waals surface area contributed by atoms with Crippen LogP contribution in [0, 0.1) is 5.92 Å². The van der Waals surface area contributed by atoms with Gasteiger partial charge in [0, 0.05) is 12.1 Å². The van der Waals surface area contributed by atoms with Crippen molar-refractivity contribution in [1.82, 2.24) is 15.5 Å². The lowest BCUT2D eigenvalue weighted by atomic mass is 9.93. The van der Waals surface area contributed by atoms with Crippen molar-refractivity contribution in [1.29, 1.82) is 0 Å². The summed E-state index contributed by atoms with van der Waals surface area (Å²) in [4.78, 5) is 14.4. The molecule has 2 rings (SSSR count). The van der Waals surface area contributed by atoms with Crippen molar-refractivity contribution in [3.05, 3.63) is 29.8 Å². The highest BCUT2D eigenvalue weighted by molar-refractivity contribution is 5.85. The second-order valence-corrected chi connectivity index (χ2v) is 6.20. The number of nitrogens with zero attached hydrogens (tertiary/aromatic N) is 1. The highest BCUT2D eigenvalue weighted by atomic mass is 35.5. The summed E-state index contributed by atoms with van der Waals surface area (Å²) in [6.45, 7) is 4.15. The molecule has 2 N–H and O–H groups in total. The third-order valence-corrected chi connectivity index (χ3v) is 4.55. The van der Waals surface area contributed by atoms with E-state index in [1.807, 2.05) is 31.3 Å². The minimum atomic E-state index is 0. The first-order valence-electron chi connectivity index (χ1n) is 8.48. The minimum absolute atomic E-state index is 0. The number of carbonyl (C=O) groups excluding carboxylic acids is 1. The summed E-state index contributed by atoms with van der Waals surface area (Å²) in [7, 11) is 3.65.